The Morgan fingerprint density at radius 2 is 1.88 bits per heavy atom. The molecule has 0 spiro atoms. The molecule has 0 saturated carbocycles. The van der Waals surface area contributed by atoms with E-state index in [0.29, 0.717) is 35.4 Å². The summed E-state index contributed by atoms with van der Waals surface area (Å²) in [7, 11) is 3.06. The molecule has 1 aromatic heterocycles. The third-order valence-corrected chi connectivity index (χ3v) is 5.20. The van der Waals surface area contributed by atoms with Crippen molar-refractivity contribution in [2.45, 2.75) is 13.0 Å². The molecule has 3 rings (SSSR count). The van der Waals surface area contributed by atoms with Gasteiger partial charge >= 0.3 is 0 Å². The fraction of sp³-hybridized carbons (Fsp3) is 0.471. The zero-order valence-corrected chi connectivity index (χ0v) is 15.2. The largest absolute Gasteiger partial charge is 0.493 e. The fourth-order valence-electron chi connectivity index (χ4n) is 2.83. The van der Waals surface area contributed by atoms with Gasteiger partial charge < -0.3 is 14.4 Å². The SMILES string of the molecule is COc1cc2ncn(CCC(=O)N3CCSCC3)c(=O)c2cc1OC. The predicted octanol–water partition coefficient (Wildman–Crippen LogP) is 1.38. The van der Waals surface area contributed by atoms with Crippen LogP contribution in [0, 0.1) is 0 Å². The van der Waals surface area contributed by atoms with Crippen LogP contribution in [-0.2, 0) is 11.3 Å². The standard InChI is InChI=1S/C17H21N3O4S/c1-23-14-9-12-13(10-15(14)24-2)18-11-20(17(12)22)4-3-16(21)19-5-7-25-8-6-19/h9-11H,3-8H2,1-2H3. The van der Waals surface area contributed by atoms with Gasteiger partial charge in [-0.25, -0.2) is 4.98 Å². The summed E-state index contributed by atoms with van der Waals surface area (Å²) < 4.78 is 12.0. The van der Waals surface area contributed by atoms with Crippen molar-refractivity contribution in [1.29, 1.82) is 0 Å². The molecule has 0 aliphatic carbocycles. The van der Waals surface area contributed by atoms with E-state index in [-0.39, 0.29) is 11.5 Å². The first-order chi connectivity index (χ1) is 12.1. The highest BCUT2D eigenvalue weighted by molar-refractivity contribution is 7.99. The molecular formula is C17H21N3O4S. The van der Waals surface area contributed by atoms with Gasteiger partial charge in [-0.1, -0.05) is 0 Å². The van der Waals surface area contributed by atoms with E-state index in [1.807, 2.05) is 16.7 Å². The van der Waals surface area contributed by atoms with Gasteiger partial charge in [0.2, 0.25) is 5.91 Å². The second kappa shape index (κ2) is 7.77. The highest BCUT2D eigenvalue weighted by atomic mass is 32.2. The molecule has 1 saturated heterocycles. The molecule has 7 nitrogen and oxygen atoms in total. The molecule has 2 heterocycles. The lowest BCUT2D eigenvalue weighted by Gasteiger charge is -2.26. The zero-order valence-electron chi connectivity index (χ0n) is 14.4. The molecule has 1 aliphatic heterocycles. The van der Waals surface area contributed by atoms with Crippen molar-refractivity contribution in [2.75, 3.05) is 38.8 Å². The van der Waals surface area contributed by atoms with Crippen LogP contribution in [0.1, 0.15) is 6.42 Å². The molecule has 134 valence electrons. The van der Waals surface area contributed by atoms with Crippen LogP contribution in [0.5, 0.6) is 11.5 Å². The number of ether oxygens (including phenoxy) is 2. The monoisotopic (exact) mass is 363 g/mol. The van der Waals surface area contributed by atoms with Crippen molar-refractivity contribution in [3.8, 4) is 11.5 Å². The summed E-state index contributed by atoms with van der Waals surface area (Å²) >= 11 is 1.86. The fourth-order valence-corrected chi connectivity index (χ4v) is 3.73. The van der Waals surface area contributed by atoms with Crippen molar-refractivity contribution >= 4 is 28.6 Å². The Labute approximate surface area is 149 Å². The Hall–Kier alpha value is -2.22. The molecule has 0 radical (unpaired) electrons. The summed E-state index contributed by atoms with van der Waals surface area (Å²) in [5.74, 6) is 3.04. The summed E-state index contributed by atoms with van der Waals surface area (Å²) in [6.45, 7) is 1.88. The van der Waals surface area contributed by atoms with Crippen LogP contribution >= 0.6 is 11.8 Å². The molecule has 25 heavy (non-hydrogen) atoms. The van der Waals surface area contributed by atoms with Crippen molar-refractivity contribution in [1.82, 2.24) is 14.5 Å². The molecule has 0 unspecified atom stereocenters. The van der Waals surface area contributed by atoms with Crippen molar-refractivity contribution in [3.63, 3.8) is 0 Å². The Morgan fingerprint density at radius 1 is 1.20 bits per heavy atom. The summed E-state index contributed by atoms with van der Waals surface area (Å²) in [6.07, 6.45) is 1.78. The topological polar surface area (TPSA) is 73.7 Å². The third-order valence-electron chi connectivity index (χ3n) is 4.26. The lowest BCUT2D eigenvalue weighted by molar-refractivity contribution is -0.131. The van der Waals surface area contributed by atoms with E-state index in [1.165, 1.54) is 25.1 Å². The highest BCUT2D eigenvalue weighted by Crippen LogP contribution is 2.29. The Balaban J connectivity index is 1.81. The number of carbonyl (C=O) groups excluding carboxylic acids is 1. The van der Waals surface area contributed by atoms with Crippen molar-refractivity contribution in [3.05, 3.63) is 28.8 Å². The molecule has 1 aromatic carbocycles. The van der Waals surface area contributed by atoms with E-state index < -0.39 is 0 Å². The first-order valence-corrected chi connectivity index (χ1v) is 9.26. The molecule has 0 N–H and O–H groups in total. The van der Waals surface area contributed by atoms with Crippen LogP contribution in [0.2, 0.25) is 0 Å². The number of fused-ring (bicyclic) bond motifs is 1. The van der Waals surface area contributed by atoms with Gasteiger partial charge in [-0.05, 0) is 6.07 Å². The number of carbonyl (C=O) groups is 1. The Kier molecular flexibility index (Phi) is 5.47. The smallest absolute Gasteiger partial charge is 0.261 e. The molecule has 1 aliphatic rings. The van der Waals surface area contributed by atoms with Crippen LogP contribution in [0.25, 0.3) is 10.9 Å². The maximum Gasteiger partial charge on any atom is 0.261 e. The van der Waals surface area contributed by atoms with E-state index in [4.69, 9.17) is 9.47 Å². The average Bonchev–Trinajstić information content (AvgIpc) is 2.67. The summed E-state index contributed by atoms with van der Waals surface area (Å²) in [6, 6.07) is 3.31. The van der Waals surface area contributed by atoms with Gasteiger partial charge in [0.15, 0.2) is 11.5 Å². The van der Waals surface area contributed by atoms with E-state index in [1.54, 1.807) is 12.1 Å². The number of benzene rings is 1. The zero-order chi connectivity index (χ0) is 17.8. The first-order valence-electron chi connectivity index (χ1n) is 8.10. The van der Waals surface area contributed by atoms with Crippen molar-refractivity contribution < 1.29 is 14.3 Å². The third kappa shape index (κ3) is 3.73. The number of aryl methyl sites for hydroxylation is 1. The van der Waals surface area contributed by atoms with Gasteiger partial charge in [-0.3, -0.25) is 14.2 Å². The minimum atomic E-state index is -0.187. The summed E-state index contributed by atoms with van der Waals surface area (Å²) in [4.78, 5) is 31.1. The first kappa shape index (κ1) is 17.6. The average molecular weight is 363 g/mol. The lowest BCUT2D eigenvalue weighted by Crippen LogP contribution is -2.38. The van der Waals surface area contributed by atoms with Crippen molar-refractivity contribution in [2.24, 2.45) is 0 Å². The normalized spacial score (nSPS) is 14.6. The number of rotatable bonds is 5. The molecule has 0 atom stereocenters. The lowest BCUT2D eigenvalue weighted by atomic mass is 10.2. The number of thioether (sulfide) groups is 1. The van der Waals surface area contributed by atoms with Gasteiger partial charge in [-0.2, -0.15) is 11.8 Å². The molecule has 2 aromatic rings. The number of hydrogen-bond acceptors (Lipinski definition) is 6. The van der Waals surface area contributed by atoms with E-state index in [9.17, 15) is 9.59 Å². The quantitative estimate of drug-likeness (QED) is 0.799. The number of amides is 1. The van der Waals surface area contributed by atoms with E-state index >= 15 is 0 Å². The Bertz CT molecular complexity index is 830. The predicted molar refractivity (Wildman–Crippen MR) is 97.6 cm³/mol. The Morgan fingerprint density at radius 3 is 2.56 bits per heavy atom. The van der Waals surface area contributed by atoms with Gasteiger partial charge in [0.1, 0.15) is 0 Å². The van der Waals surface area contributed by atoms with Crippen LogP contribution in [0.4, 0.5) is 0 Å². The van der Waals surface area contributed by atoms with Gasteiger partial charge in [0.05, 0.1) is 31.4 Å². The number of hydrogen-bond donors (Lipinski definition) is 0. The minimum Gasteiger partial charge on any atom is -0.493 e. The maximum atomic E-state index is 12.7. The van der Waals surface area contributed by atoms with E-state index in [0.717, 1.165) is 24.6 Å². The second-order valence-electron chi connectivity index (χ2n) is 5.71. The molecule has 0 bridgehead atoms. The van der Waals surface area contributed by atoms with Crippen LogP contribution in [0.3, 0.4) is 0 Å². The number of aromatic nitrogens is 2. The van der Waals surface area contributed by atoms with E-state index in [2.05, 4.69) is 4.98 Å². The van der Waals surface area contributed by atoms with Gasteiger partial charge in [0, 0.05) is 43.6 Å². The van der Waals surface area contributed by atoms with Crippen LogP contribution < -0.4 is 15.0 Å². The number of methoxy groups -OCH3 is 2. The van der Waals surface area contributed by atoms with Gasteiger partial charge in [-0.15, -0.1) is 0 Å². The summed E-state index contributed by atoms with van der Waals surface area (Å²) in [5, 5.41) is 0.446. The molecule has 1 amide bonds. The molecule has 1 fully saturated rings. The number of nitrogens with zero attached hydrogens (tertiary/aromatic N) is 3. The van der Waals surface area contributed by atoms with Crippen LogP contribution in [0.15, 0.2) is 23.3 Å². The molecule has 8 heteroatoms. The molecular weight excluding hydrogens is 342 g/mol. The second-order valence-corrected chi connectivity index (χ2v) is 6.94. The van der Waals surface area contributed by atoms with Gasteiger partial charge in [0.25, 0.3) is 5.56 Å². The highest BCUT2D eigenvalue weighted by Gasteiger charge is 2.17. The minimum absolute atomic E-state index is 0.0830. The summed E-state index contributed by atoms with van der Waals surface area (Å²) in [5.41, 5.74) is 0.353. The van der Waals surface area contributed by atoms with Crippen LogP contribution in [-0.4, -0.2) is 59.2 Å². The maximum absolute atomic E-state index is 12.7.